The van der Waals surface area contributed by atoms with E-state index < -0.39 is 0 Å². The lowest BCUT2D eigenvalue weighted by Crippen LogP contribution is -2.05. The van der Waals surface area contributed by atoms with Crippen LogP contribution in [0.2, 0.25) is 0 Å². The molecule has 8 nitrogen and oxygen atoms in total. The van der Waals surface area contributed by atoms with Crippen LogP contribution in [0.4, 0.5) is 0 Å². The normalized spacial score (nSPS) is 11.5. The molecule has 0 saturated carbocycles. The van der Waals surface area contributed by atoms with Gasteiger partial charge in [0.25, 0.3) is 0 Å². The van der Waals surface area contributed by atoms with Crippen LogP contribution >= 0.6 is 0 Å². The fourth-order valence-corrected chi connectivity index (χ4v) is 12.7. The molecule has 0 spiro atoms. The van der Waals surface area contributed by atoms with Crippen LogP contribution in [0.1, 0.15) is 11.1 Å². The lowest BCUT2D eigenvalue weighted by atomic mass is 9.95. The highest BCUT2D eigenvalue weighted by atomic mass is 15.1. The van der Waals surface area contributed by atoms with Crippen LogP contribution in [0.3, 0.4) is 0 Å². The Kier molecular flexibility index (Phi) is 11.5. The zero-order valence-electron chi connectivity index (χ0n) is 45.6. The topological polar surface area (TPSA) is 101 Å². The summed E-state index contributed by atoms with van der Waals surface area (Å²) in [5, 5.41) is 28.8. The highest BCUT2D eigenvalue weighted by Crippen LogP contribution is 2.44. The highest BCUT2D eigenvalue weighted by Gasteiger charge is 2.25. The van der Waals surface area contributed by atoms with Gasteiger partial charge in [-0.05, 0) is 101 Å². The fraction of sp³-hybridized carbons (Fsp3) is 0. The molecule has 0 aliphatic heterocycles. The molecule has 0 fully saturated rings. The summed E-state index contributed by atoms with van der Waals surface area (Å²) in [6.45, 7) is 0. The van der Waals surface area contributed by atoms with E-state index in [0.717, 1.165) is 127 Å². The third-order valence-corrected chi connectivity index (χ3v) is 16.6. The lowest BCUT2D eigenvalue weighted by Gasteiger charge is -2.19. The molecular weight excluding hydrogens is 1040 g/mol. The average Bonchev–Trinajstić information content (AvgIpc) is 2.31. The largest absolute Gasteiger partial charge is 0.309 e. The summed E-state index contributed by atoms with van der Waals surface area (Å²) in [6.07, 6.45) is 0. The number of aromatic nitrogens is 6. The molecule has 0 atom stereocenters. The van der Waals surface area contributed by atoms with Crippen LogP contribution in [-0.4, -0.2) is 28.7 Å². The van der Waals surface area contributed by atoms with E-state index in [1.54, 1.807) is 0 Å². The van der Waals surface area contributed by atoms with Gasteiger partial charge in [0.15, 0.2) is 17.5 Å². The van der Waals surface area contributed by atoms with E-state index in [1.165, 1.54) is 0 Å². The smallest absolute Gasteiger partial charge is 0.166 e. The predicted octanol–water partition coefficient (Wildman–Crippen LogP) is 18.9. The Hall–Kier alpha value is -12.0. The second-order valence-electron chi connectivity index (χ2n) is 21.3. The van der Waals surface area contributed by atoms with Crippen molar-refractivity contribution in [3.63, 3.8) is 0 Å². The maximum absolute atomic E-state index is 11.5. The van der Waals surface area contributed by atoms with Gasteiger partial charge < -0.3 is 13.7 Å². The maximum atomic E-state index is 11.5. The molecular formula is C77H46N8. The molecule has 0 radical (unpaired) electrons. The SMILES string of the molecule is N#Cc1ccc(-n2c3ccc(-c4ccccc4)cc3c3cc(-c4ccccc4)ccc32)c(-c2nc(-c3ccccc3)nc(-c3ccc(-c4cccc(-n5c6ccccc6c6ccccc65)c4C#N)c(-n4c5ccccc5c5ccccc54)c3)n2)c1. The van der Waals surface area contributed by atoms with Crippen molar-refractivity contribution >= 4 is 65.4 Å². The van der Waals surface area contributed by atoms with Crippen molar-refractivity contribution in [1.29, 1.82) is 10.5 Å². The number of nitrogens with zero attached hydrogens (tertiary/aromatic N) is 8. The van der Waals surface area contributed by atoms with Crippen molar-refractivity contribution in [3.8, 4) is 96.7 Å². The molecule has 16 rings (SSSR count). The van der Waals surface area contributed by atoms with Crippen LogP contribution in [0.5, 0.6) is 0 Å². The van der Waals surface area contributed by atoms with E-state index in [4.69, 9.17) is 15.0 Å². The van der Waals surface area contributed by atoms with E-state index in [1.807, 2.05) is 66.7 Å². The van der Waals surface area contributed by atoms with Crippen molar-refractivity contribution in [2.45, 2.75) is 0 Å². The number of nitriles is 2. The summed E-state index contributed by atoms with van der Waals surface area (Å²) in [6, 6.07) is 101. The minimum atomic E-state index is 0.404. The first-order chi connectivity index (χ1) is 42.1. The molecule has 85 heavy (non-hydrogen) atoms. The van der Waals surface area contributed by atoms with Crippen LogP contribution < -0.4 is 0 Å². The summed E-state index contributed by atoms with van der Waals surface area (Å²) in [5.74, 6) is 1.32. The molecule has 0 amide bonds. The van der Waals surface area contributed by atoms with E-state index in [2.05, 4.69) is 238 Å². The van der Waals surface area contributed by atoms with Crippen molar-refractivity contribution in [1.82, 2.24) is 28.7 Å². The Morgan fingerprint density at radius 2 is 0.682 bits per heavy atom. The van der Waals surface area contributed by atoms with Crippen molar-refractivity contribution in [2.24, 2.45) is 0 Å². The van der Waals surface area contributed by atoms with Gasteiger partial charge in [-0.15, -0.1) is 0 Å². The Balaban J connectivity index is 0.944. The van der Waals surface area contributed by atoms with Crippen LogP contribution in [0.15, 0.2) is 279 Å². The molecule has 0 bridgehead atoms. The standard InChI is InChI=1S/C77H46N8/c78-47-49-35-40-73(84-71-41-37-53(50-19-4-1-5-20-50)44-62(71)63-45-54(38-42-72(63)84)51-21-6-2-7-22-51)64(43-49)77-81-75(52-23-8-3-9-24-52)80-76(82-77)55-36-39-61(74(46-55)85-68-32-16-12-27-59(68)60-28-13-17-33-69(60)85)56-29-18-34-70(65(56)48-79)83-66-30-14-10-25-57(66)58-26-11-15-31-67(58)83/h1-46H. The number of fused-ring (bicyclic) bond motifs is 9. The second kappa shape index (κ2) is 19.9. The zero-order chi connectivity index (χ0) is 56.5. The minimum absolute atomic E-state index is 0.404. The van der Waals surface area contributed by atoms with Gasteiger partial charge in [-0.2, -0.15) is 10.5 Å². The molecule has 12 aromatic carbocycles. The molecule has 0 unspecified atom stereocenters. The highest BCUT2D eigenvalue weighted by molar-refractivity contribution is 6.13. The van der Waals surface area contributed by atoms with Crippen LogP contribution in [-0.2, 0) is 0 Å². The molecule has 4 heterocycles. The summed E-state index contributed by atoms with van der Waals surface area (Å²) < 4.78 is 6.81. The monoisotopic (exact) mass is 1080 g/mol. The van der Waals surface area contributed by atoms with Gasteiger partial charge in [0.2, 0.25) is 0 Å². The van der Waals surface area contributed by atoms with Crippen molar-refractivity contribution in [2.75, 3.05) is 0 Å². The molecule has 394 valence electrons. The zero-order valence-corrected chi connectivity index (χ0v) is 45.6. The first-order valence-corrected chi connectivity index (χ1v) is 28.3. The maximum Gasteiger partial charge on any atom is 0.166 e. The first-order valence-electron chi connectivity index (χ1n) is 28.3. The number of rotatable bonds is 9. The molecule has 4 aromatic heterocycles. The fourth-order valence-electron chi connectivity index (χ4n) is 12.7. The summed E-state index contributed by atoms with van der Waals surface area (Å²) in [7, 11) is 0. The van der Waals surface area contributed by atoms with Gasteiger partial charge in [0.1, 0.15) is 6.07 Å². The third kappa shape index (κ3) is 8.01. The minimum Gasteiger partial charge on any atom is -0.309 e. The number of benzene rings is 12. The molecule has 0 aliphatic carbocycles. The Morgan fingerprint density at radius 3 is 1.20 bits per heavy atom. The number of hydrogen-bond acceptors (Lipinski definition) is 5. The molecule has 0 aliphatic rings. The van der Waals surface area contributed by atoms with E-state index in [-0.39, 0.29) is 0 Å². The van der Waals surface area contributed by atoms with Crippen LogP contribution in [0, 0.1) is 22.7 Å². The lowest BCUT2D eigenvalue weighted by molar-refractivity contribution is 1.06. The second-order valence-corrected chi connectivity index (χ2v) is 21.3. The van der Waals surface area contributed by atoms with Crippen molar-refractivity contribution < 1.29 is 0 Å². The van der Waals surface area contributed by atoms with Gasteiger partial charge in [-0.1, -0.05) is 200 Å². The summed E-state index contributed by atoms with van der Waals surface area (Å²) in [5.41, 5.74) is 17.8. The van der Waals surface area contributed by atoms with Crippen molar-refractivity contribution in [3.05, 3.63) is 290 Å². The molecule has 16 aromatic rings. The van der Waals surface area contributed by atoms with Gasteiger partial charge in [0.05, 0.1) is 67.4 Å². The Labute approximate surface area is 488 Å². The first kappa shape index (κ1) is 48.9. The number of para-hydroxylation sites is 4. The number of hydrogen-bond donors (Lipinski definition) is 0. The predicted molar refractivity (Wildman–Crippen MR) is 345 cm³/mol. The van der Waals surface area contributed by atoms with Gasteiger partial charge >= 0.3 is 0 Å². The third-order valence-electron chi connectivity index (χ3n) is 16.6. The van der Waals surface area contributed by atoms with Gasteiger partial charge in [-0.3, -0.25) is 0 Å². The van der Waals surface area contributed by atoms with Crippen LogP contribution in [0.25, 0.3) is 150 Å². The molecule has 0 N–H and O–H groups in total. The van der Waals surface area contributed by atoms with E-state index in [0.29, 0.717) is 34.2 Å². The average molecular weight is 1080 g/mol. The van der Waals surface area contributed by atoms with Gasteiger partial charge in [0, 0.05) is 60.1 Å². The summed E-state index contributed by atoms with van der Waals surface area (Å²) in [4.78, 5) is 16.2. The van der Waals surface area contributed by atoms with Gasteiger partial charge in [-0.25, -0.2) is 15.0 Å². The Bertz CT molecular complexity index is 5240. The van der Waals surface area contributed by atoms with E-state index in [9.17, 15) is 10.5 Å². The molecule has 8 heteroatoms. The molecule has 0 saturated heterocycles. The van der Waals surface area contributed by atoms with E-state index >= 15 is 0 Å². The Morgan fingerprint density at radius 1 is 0.247 bits per heavy atom. The summed E-state index contributed by atoms with van der Waals surface area (Å²) >= 11 is 0. The quantitative estimate of drug-likeness (QED) is 0.143.